The Bertz CT molecular complexity index is 1750. The van der Waals surface area contributed by atoms with Crippen molar-refractivity contribution in [2.45, 2.75) is 19.3 Å². The Kier molecular flexibility index (Phi) is 5.24. The lowest BCUT2D eigenvalue weighted by molar-refractivity contribution is 0.582. The van der Waals surface area contributed by atoms with Crippen LogP contribution in [0.2, 0.25) is 0 Å². The minimum Gasteiger partial charge on any atom is -0.270 e. The van der Waals surface area contributed by atoms with Crippen molar-refractivity contribution in [2.24, 2.45) is 0 Å². The minimum absolute atomic E-state index is 0.250. The predicted molar refractivity (Wildman–Crippen MR) is 163 cm³/mol. The number of halogens is 1. The molecule has 5 heteroatoms. The number of nitrogens with zero attached hydrogens (tertiary/aromatic N) is 2. The molecule has 0 bridgehead atoms. The number of fused-ring (bicyclic) bond motifs is 4. The van der Waals surface area contributed by atoms with E-state index < -0.39 is 7.44 Å². The zero-order chi connectivity index (χ0) is 26.1. The molecule has 0 amide bonds. The van der Waals surface area contributed by atoms with Gasteiger partial charge in [-0.25, -0.2) is 0 Å². The summed E-state index contributed by atoms with van der Waals surface area (Å²) in [6, 6.07) is 41.3. The van der Waals surface area contributed by atoms with Crippen molar-refractivity contribution in [2.75, 3.05) is 9.34 Å². The molecule has 1 aliphatic heterocycles. The molecular weight excluding hydrogens is 551 g/mol. The molecule has 3 nitrogen and oxygen atoms in total. The molecule has 0 saturated heterocycles. The number of benzene rings is 5. The lowest BCUT2D eigenvalue weighted by atomic mass is 9.81. The monoisotopic (exact) mass is 576 g/mol. The van der Waals surface area contributed by atoms with Gasteiger partial charge < -0.3 is 0 Å². The molecule has 1 aliphatic carbocycles. The van der Waals surface area contributed by atoms with Crippen molar-refractivity contribution in [1.29, 1.82) is 0 Å². The van der Waals surface area contributed by atoms with Crippen molar-refractivity contribution in [1.82, 2.24) is 0 Å². The fraction of sp³-hybridized carbons (Fsp3) is 0.0909. The van der Waals surface area contributed by atoms with E-state index in [0.29, 0.717) is 0 Å². The van der Waals surface area contributed by atoms with E-state index in [0.717, 1.165) is 32.5 Å². The highest BCUT2D eigenvalue weighted by atomic mass is 79.9. The average Bonchev–Trinajstić information content (AvgIpc) is 3.35. The van der Waals surface area contributed by atoms with Crippen LogP contribution in [0.3, 0.4) is 0 Å². The molecule has 2 aliphatic rings. The predicted octanol–water partition coefficient (Wildman–Crippen LogP) is 9.56. The van der Waals surface area contributed by atoms with E-state index in [1.165, 1.54) is 22.3 Å². The number of hydrogen-bond acceptors (Lipinski definition) is 1. The first-order valence-electron chi connectivity index (χ1n) is 12.8. The van der Waals surface area contributed by atoms with Crippen LogP contribution in [0.4, 0.5) is 22.7 Å². The maximum atomic E-state index is 16.0. The number of para-hydroxylation sites is 1. The van der Waals surface area contributed by atoms with Crippen LogP contribution in [-0.4, -0.2) is 0 Å². The van der Waals surface area contributed by atoms with Crippen LogP contribution < -0.4 is 14.6 Å². The Hall–Kier alpha value is -3.59. The second-order valence-corrected chi connectivity index (χ2v) is 13.7. The van der Waals surface area contributed by atoms with Gasteiger partial charge in [0.25, 0.3) is 0 Å². The molecule has 0 radical (unpaired) electrons. The molecule has 1 unspecified atom stereocenters. The Morgan fingerprint density at radius 2 is 1.29 bits per heavy atom. The third kappa shape index (κ3) is 3.17. The van der Waals surface area contributed by atoms with Crippen LogP contribution in [0.5, 0.6) is 0 Å². The molecule has 0 N–H and O–H groups in total. The van der Waals surface area contributed by atoms with Crippen LogP contribution >= 0.6 is 23.4 Å². The zero-order valence-corrected chi connectivity index (χ0v) is 23.7. The Balaban J connectivity index is 1.58. The average molecular weight is 577 g/mol. The molecule has 0 spiro atoms. The van der Waals surface area contributed by atoms with Gasteiger partial charge >= 0.3 is 7.44 Å². The summed E-state index contributed by atoms with van der Waals surface area (Å²) in [4.78, 5) is 0. The molecule has 7 rings (SSSR count). The second kappa shape index (κ2) is 8.46. The molecule has 38 heavy (non-hydrogen) atoms. The highest BCUT2D eigenvalue weighted by molar-refractivity contribution is 9.10. The van der Waals surface area contributed by atoms with Crippen molar-refractivity contribution < 1.29 is 4.57 Å². The van der Waals surface area contributed by atoms with Crippen molar-refractivity contribution >= 4 is 51.4 Å². The fourth-order valence-corrected chi connectivity index (χ4v) is 9.58. The summed E-state index contributed by atoms with van der Waals surface area (Å²) >= 11 is 3.69. The molecule has 1 atom stereocenters. The van der Waals surface area contributed by atoms with E-state index in [4.69, 9.17) is 0 Å². The fourth-order valence-electron chi connectivity index (χ4n) is 6.22. The molecule has 0 fully saturated rings. The van der Waals surface area contributed by atoms with Gasteiger partial charge in [-0.1, -0.05) is 103 Å². The van der Waals surface area contributed by atoms with Gasteiger partial charge in [-0.2, -0.15) is 0 Å². The maximum absolute atomic E-state index is 16.0. The SMILES string of the molecule is CC1(C)c2ccccc2-c2cccc(N3c4ccc(Br)cc4N(c4ccccc4)P3(=O)c3ccccc3)c21. The van der Waals surface area contributed by atoms with E-state index in [2.05, 4.69) is 93.7 Å². The third-order valence-electron chi connectivity index (χ3n) is 7.82. The summed E-state index contributed by atoms with van der Waals surface area (Å²) in [5.74, 6) is 0. The van der Waals surface area contributed by atoms with Crippen LogP contribution in [-0.2, 0) is 9.98 Å². The van der Waals surface area contributed by atoms with Gasteiger partial charge in [0.15, 0.2) is 0 Å². The summed E-state index contributed by atoms with van der Waals surface area (Å²) in [7, 11) is -3.43. The van der Waals surface area contributed by atoms with Gasteiger partial charge in [-0.3, -0.25) is 13.9 Å². The standard InChI is InChI=1S/C33H26BrN2OP/c1-33(2)28-18-10-9-16-26(28)27-17-11-19-30(32(27)33)36-29-21-20-23(34)22-31(29)35(24-12-5-3-6-13-24)38(36,37)25-14-7-4-8-15-25/h3-22H,1-2H3. The van der Waals surface area contributed by atoms with Crippen LogP contribution in [0.1, 0.15) is 25.0 Å². The van der Waals surface area contributed by atoms with E-state index in [1.807, 2.05) is 66.7 Å². The summed E-state index contributed by atoms with van der Waals surface area (Å²) in [5, 5.41) is 0.794. The van der Waals surface area contributed by atoms with Gasteiger partial charge in [0, 0.05) is 15.6 Å². The minimum atomic E-state index is -3.43. The lowest BCUT2D eigenvalue weighted by Crippen LogP contribution is -2.28. The Morgan fingerprint density at radius 1 is 0.632 bits per heavy atom. The summed E-state index contributed by atoms with van der Waals surface area (Å²) in [6.07, 6.45) is 0. The second-order valence-electron chi connectivity index (χ2n) is 10.3. The first-order chi connectivity index (χ1) is 18.4. The Labute approximate surface area is 232 Å². The molecular formula is C33H26BrN2OP. The highest BCUT2D eigenvalue weighted by Crippen LogP contribution is 2.71. The topological polar surface area (TPSA) is 23.6 Å². The van der Waals surface area contributed by atoms with Crippen LogP contribution in [0, 0.1) is 0 Å². The molecule has 0 aromatic heterocycles. The highest BCUT2D eigenvalue weighted by Gasteiger charge is 2.51. The molecule has 1 heterocycles. The van der Waals surface area contributed by atoms with E-state index in [9.17, 15) is 0 Å². The van der Waals surface area contributed by atoms with E-state index >= 15 is 4.57 Å². The van der Waals surface area contributed by atoms with Crippen LogP contribution in [0.15, 0.2) is 126 Å². The van der Waals surface area contributed by atoms with Gasteiger partial charge in [0.2, 0.25) is 0 Å². The smallest absolute Gasteiger partial charge is 0.270 e. The van der Waals surface area contributed by atoms with Crippen molar-refractivity contribution in [3.63, 3.8) is 0 Å². The maximum Gasteiger partial charge on any atom is 0.301 e. The summed E-state index contributed by atoms with van der Waals surface area (Å²) in [6.45, 7) is 4.56. The first-order valence-corrected chi connectivity index (χ1v) is 15.2. The zero-order valence-electron chi connectivity index (χ0n) is 21.2. The van der Waals surface area contributed by atoms with E-state index in [-0.39, 0.29) is 5.41 Å². The largest absolute Gasteiger partial charge is 0.301 e. The van der Waals surface area contributed by atoms with Crippen molar-refractivity contribution in [3.05, 3.63) is 137 Å². The molecule has 0 saturated carbocycles. The van der Waals surface area contributed by atoms with Crippen LogP contribution in [0.25, 0.3) is 11.1 Å². The molecule has 186 valence electrons. The quantitative estimate of drug-likeness (QED) is 0.200. The van der Waals surface area contributed by atoms with Crippen molar-refractivity contribution in [3.8, 4) is 11.1 Å². The first kappa shape index (κ1) is 23.5. The molecule has 5 aromatic rings. The Morgan fingerprint density at radius 3 is 2.05 bits per heavy atom. The summed E-state index contributed by atoms with van der Waals surface area (Å²) in [5.41, 5.74) is 8.45. The normalized spacial score (nSPS) is 18.7. The lowest BCUT2D eigenvalue weighted by Gasteiger charge is -2.36. The van der Waals surface area contributed by atoms with Gasteiger partial charge in [0.05, 0.1) is 22.4 Å². The summed E-state index contributed by atoms with van der Waals surface area (Å²) < 4.78 is 21.1. The number of rotatable bonds is 3. The number of anilines is 4. The number of hydrogen-bond donors (Lipinski definition) is 0. The van der Waals surface area contributed by atoms with Gasteiger partial charge in [-0.05, 0) is 70.8 Å². The third-order valence-corrected chi connectivity index (χ3v) is 11.2. The van der Waals surface area contributed by atoms with Gasteiger partial charge in [0.1, 0.15) is 0 Å². The van der Waals surface area contributed by atoms with Gasteiger partial charge in [-0.15, -0.1) is 0 Å². The molecule has 5 aromatic carbocycles. The van der Waals surface area contributed by atoms with E-state index in [1.54, 1.807) is 0 Å².